The number of hydrogen-bond donors (Lipinski definition) is 1. The van der Waals surface area contributed by atoms with Gasteiger partial charge in [-0.15, -0.1) is 0 Å². The van der Waals surface area contributed by atoms with Crippen molar-refractivity contribution >= 4 is 5.82 Å². The molecule has 0 aromatic carbocycles. The van der Waals surface area contributed by atoms with E-state index in [0.717, 1.165) is 35.9 Å². The second kappa shape index (κ2) is 5.77. The molecule has 1 unspecified atom stereocenters. The van der Waals surface area contributed by atoms with Crippen LogP contribution in [0.4, 0.5) is 5.82 Å². The second-order valence-electron chi connectivity index (χ2n) is 4.41. The van der Waals surface area contributed by atoms with Crippen molar-refractivity contribution in [2.45, 2.75) is 46.6 Å². The maximum Gasteiger partial charge on any atom is 0.248 e. The van der Waals surface area contributed by atoms with Crippen LogP contribution in [0.25, 0.3) is 0 Å². The van der Waals surface area contributed by atoms with Crippen molar-refractivity contribution in [3.05, 3.63) is 29.3 Å². The largest absolute Gasteiger partial charge is 0.358 e. The van der Waals surface area contributed by atoms with Gasteiger partial charge in [0, 0.05) is 18.2 Å². The van der Waals surface area contributed by atoms with Crippen LogP contribution in [-0.4, -0.2) is 20.1 Å². The lowest BCUT2D eigenvalue weighted by Gasteiger charge is -2.13. The molecule has 6 heteroatoms. The Kier molecular flexibility index (Phi) is 4.09. The molecule has 0 aliphatic heterocycles. The van der Waals surface area contributed by atoms with Crippen LogP contribution in [0.15, 0.2) is 10.7 Å². The molecule has 0 spiro atoms. The first-order chi connectivity index (χ1) is 9.13. The predicted octanol–water partition coefficient (Wildman–Crippen LogP) is 2.47. The Hall–Kier alpha value is -1.98. The summed E-state index contributed by atoms with van der Waals surface area (Å²) in [5, 5.41) is 7.21. The molecule has 0 aliphatic carbocycles. The van der Waals surface area contributed by atoms with Crippen LogP contribution < -0.4 is 5.32 Å². The summed E-state index contributed by atoms with van der Waals surface area (Å²) in [7, 11) is 0. The van der Waals surface area contributed by atoms with E-state index < -0.39 is 0 Å². The fourth-order valence-corrected chi connectivity index (χ4v) is 1.73. The lowest BCUT2D eigenvalue weighted by Crippen LogP contribution is -2.11. The van der Waals surface area contributed by atoms with E-state index in [0.29, 0.717) is 5.89 Å². The fraction of sp³-hybridized carbons (Fsp3) is 0.538. The van der Waals surface area contributed by atoms with E-state index in [9.17, 15) is 0 Å². The lowest BCUT2D eigenvalue weighted by molar-refractivity contribution is 0.363. The Morgan fingerprint density at radius 2 is 2.05 bits per heavy atom. The van der Waals surface area contributed by atoms with Crippen LogP contribution in [0, 0.1) is 6.92 Å². The predicted molar refractivity (Wildman–Crippen MR) is 71.9 cm³/mol. The van der Waals surface area contributed by atoms with Crippen LogP contribution in [-0.2, 0) is 12.8 Å². The maximum atomic E-state index is 5.23. The summed E-state index contributed by atoms with van der Waals surface area (Å²) < 4.78 is 5.23. The molecule has 0 saturated carbocycles. The molecular weight excluding hydrogens is 242 g/mol. The summed E-state index contributed by atoms with van der Waals surface area (Å²) in [6.07, 6.45) is 3.49. The molecule has 2 aromatic rings. The molecule has 2 heterocycles. The van der Waals surface area contributed by atoms with E-state index in [2.05, 4.69) is 32.3 Å². The Balaban J connectivity index is 2.18. The second-order valence-corrected chi connectivity index (χ2v) is 4.41. The normalized spacial score (nSPS) is 12.4. The molecule has 0 fully saturated rings. The summed E-state index contributed by atoms with van der Waals surface area (Å²) >= 11 is 0. The molecule has 0 radical (unpaired) electrons. The quantitative estimate of drug-likeness (QED) is 0.891. The van der Waals surface area contributed by atoms with E-state index in [1.807, 2.05) is 27.0 Å². The first kappa shape index (κ1) is 13.5. The highest BCUT2D eigenvalue weighted by Crippen LogP contribution is 2.19. The van der Waals surface area contributed by atoms with Gasteiger partial charge in [-0.1, -0.05) is 19.0 Å². The lowest BCUT2D eigenvalue weighted by atomic mass is 10.2. The van der Waals surface area contributed by atoms with Gasteiger partial charge in [0.25, 0.3) is 0 Å². The Labute approximate surface area is 112 Å². The number of aromatic nitrogens is 4. The van der Waals surface area contributed by atoms with Crippen molar-refractivity contribution in [3.63, 3.8) is 0 Å². The molecular formula is C13H19N5O. The van der Waals surface area contributed by atoms with Crippen LogP contribution in [0.2, 0.25) is 0 Å². The zero-order valence-corrected chi connectivity index (χ0v) is 11.8. The van der Waals surface area contributed by atoms with E-state index in [-0.39, 0.29) is 6.04 Å². The summed E-state index contributed by atoms with van der Waals surface area (Å²) in [6, 6.07) is -0.0765. The number of rotatable bonds is 5. The van der Waals surface area contributed by atoms with E-state index in [1.54, 1.807) is 0 Å². The van der Waals surface area contributed by atoms with E-state index in [4.69, 9.17) is 4.52 Å². The van der Waals surface area contributed by atoms with Gasteiger partial charge in [-0.25, -0.2) is 9.97 Å². The van der Waals surface area contributed by atoms with Gasteiger partial charge in [0.2, 0.25) is 5.89 Å². The molecule has 6 nitrogen and oxygen atoms in total. The van der Waals surface area contributed by atoms with Gasteiger partial charge >= 0.3 is 0 Å². The summed E-state index contributed by atoms with van der Waals surface area (Å²) in [6.45, 7) is 7.92. The summed E-state index contributed by atoms with van der Waals surface area (Å²) in [5.74, 6) is 2.87. The third-order valence-corrected chi connectivity index (χ3v) is 2.89. The molecule has 19 heavy (non-hydrogen) atoms. The minimum atomic E-state index is -0.0765. The first-order valence-electron chi connectivity index (χ1n) is 6.55. The van der Waals surface area contributed by atoms with Crippen LogP contribution in [0.1, 0.15) is 49.9 Å². The van der Waals surface area contributed by atoms with Crippen molar-refractivity contribution < 1.29 is 4.52 Å². The van der Waals surface area contributed by atoms with Gasteiger partial charge in [0.15, 0.2) is 5.82 Å². The highest BCUT2D eigenvalue weighted by molar-refractivity contribution is 5.44. The number of nitrogens with one attached hydrogen (secondary N) is 1. The number of aryl methyl sites for hydroxylation is 3. The van der Waals surface area contributed by atoms with Crippen molar-refractivity contribution in [2.75, 3.05) is 5.32 Å². The van der Waals surface area contributed by atoms with Crippen LogP contribution in [0.5, 0.6) is 0 Å². The fourth-order valence-electron chi connectivity index (χ4n) is 1.73. The van der Waals surface area contributed by atoms with Gasteiger partial charge < -0.3 is 9.84 Å². The molecule has 2 aromatic heterocycles. The van der Waals surface area contributed by atoms with Crippen LogP contribution >= 0.6 is 0 Å². The Bertz CT molecular complexity index is 552. The smallest absolute Gasteiger partial charge is 0.248 e. The van der Waals surface area contributed by atoms with Gasteiger partial charge in [0.1, 0.15) is 17.7 Å². The van der Waals surface area contributed by atoms with Gasteiger partial charge in [-0.2, -0.15) is 4.98 Å². The minimum Gasteiger partial charge on any atom is -0.358 e. The first-order valence-corrected chi connectivity index (χ1v) is 6.55. The molecule has 0 amide bonds. The van der Waals surface area contributed by atoms with Crippen molar-refractivity contribution in [1.82, 2.24) is 20.1 Å². The standard InChI is InChI=1S/C13H19N5O/c1-5-10-7-14-9(4)16-12(10)15-8(3)13-17-11(6-2)18-19-13/h7-8H,5-6H2,1-4H3,(H,14,15,16). The highest BCUT2D eigenvalue weighted by Gasteiger charge is 2.15. The Morgan fingerprint density at radius 1 is 1.26 bits per heavy atom. The topological polar surface area (TPSA) is 76.7 Å². The van der Waals surface area contributed by atoms with Gasteiger partial charge in [0.05, 0.1) is 0 Å². The highest BCUT2D eigenvalue weighted by atomic mass is 16.5. The summed E-state index contributed by atoms with van der Waals surface area (Å²) in [4.78, 5) is 12.9. The van der Waals surface area contributed by atoms with E-state index >= 15 is 0 Å². The molecule has 2 rings (SSSR count). The minimum absolute atomic E-state index is 0.0765. The van der Waals surface area contributed by atoms with E-state index in [1.165, 1.54) is 0 Å². The molecule has 0 bridgehead atoms. The van der Waals surface area contributed by atoms with Gasteiger partial charge in [-0.3, -0.25) is 0 Å². The average molecular weight is 261 g/mol. The zero-order valence-electron chi connectivity index (χ0n) is 11.8. The maximum absolute atomic E-state index is 5.23. The van der Waals surface area contributed by atoms with Crippen molar-refractivity contribution in [1.29, 1.82) is 0 Å². The molecule has 102 valence electrons. The number of hydrogen-bond acceptors (Lipinski definition) is 6. The number of nitrogens with zero attached hydrogens (tertiary/aromatic N) is 4. The number of anilines is 1. The molecule has 0 aliphatic rings. The van der Waals surface area contributed by atoms with Crippen molar-refractivity contribution in [2.24, 2.45) is 0 Å². The van der Waals surface area contributed by atoms with Crippen molar-refractivity contribution in [3.8, 4) is 0 Å². The third-order valence-electron chi connectivity index (χ3n) is 2.89. The summed E-state index contributed by atoms with van der Waals surface area (Å²) in [5.41, 5.74) is 1.08. The van der Waals surface area contributed by atoms with Gasteiger partial charge in [-0.05, 0) is 20.3 Å². The monoisotopic (exact) mass is 261 g/mol. The molecule has 1 atom stereocenters. The average Bonchev–Trinajstić information content (AvgIpc) is 2.88. The molecule has 0 saturated heterocycles. The molecule has 1 N–H and O–H groups in total. The zero-order chi connectivity index (χ0) is 13.8. The Morgan fingerprint density at radius 3 is 2.68 bits per heavy atom. The SMILES string of the molecule is CCc1noc(C(C)Nc2nc(C)ncc2CC)n1. The van der Waals surface area contributed by atoms with Crippen LogP contribution in [0.3, 0.4) is 0 Å². The third kappa shape index (κ3) is 3.07.